The number of aromatic nitrogens is 3. The molecule has 0 unspecified atom stereocenters. The van der Waals surface area contributed by atoms with E-state index in [0.29, 0.717) is 5.69 Å². The summed E-state index contributed by atoms with van der Waals surface area (Å²) in [5.74, 6) is 0. The number of aryl methyl sites for hydroxylation is 1. The lowest BCUT2D eigenvalue weighted by atomic mass is 10.4. The fourth-order valence-electron chi connectivity index (χ4n) is 1.28. The first-order valence-electron chi connectivity index (χ1n) is 4.04. The molecule has 0 radical (unpaired) electrons. The lowest BCUT2D eigenvalue weighted by molar-refractivity contribution is 0.111. The highest BCUT2D eigenvalue weighted by Gasteiger charge is 2.09. The molecule has 4 nitrogen and oxygen atoms in total. The van der Waals surface area contributed by atoms with Crippen LogP contribution in [0.1, 0.15) is 10.5 Å². The zero-order valence-electron chi connectivity index (χ0n) is 7.51. The van der Waals surface area contributed by atoms with Crippen LogP contribution in [0.3, 0.4) is 0 Å². The van der Waals surface area contributed by atoms with Crippen molar-refractivity contribution in [2.45, 2.75) is 0 Å². The highest BCUT2D eigenvalue weighted by molar-refractivity contribution is 9.10. The summed E-state index contributed by atoms with van der Waals surface area (Å²) >= 11 is 3.40. The van der Waals surface area contributed by atoms with Crippen LogP contribution in [0.5, 0.6) is 0 Å². The molecular weight excluding hydrogens is 246 g/mol. The van der Waals surface area contributed by atoms with Gasteiger partial charge in [0.25, 0.3) is 0 Å². The maximum atomic E-state index is 10.7. The van der Waals surface area contributed by atoms with E-state index in [9.17, 15) is 4.79 Å². The van der Waals surface area contributed by atoms with E-state index in [0.717, 1.165) is 16.6 Å². The lowest BCUT2D eigenvalue weighted by Gasteiger charge is -2.02. The van der Waals surface area contributed by atoms with Crippen LogP contribution in [0.25, 0.3) is 5.69 Å². The molecule has 14 heavy (non-hydrogen) atoms. The van der Waals surface area contributed by atoms with Crippen LogP contribution >= 0.6 is 15.9 Å². The minimum Gasteiger partial charge on any atom is -0.310 e. The van der Waals surface area contributed by atoms with E-state index in [4.69, 9.17) is 0 Å². The van der Waals surface area contributed by atoms with Gasteiger partial charge < -0.3 is 4.57 Å². The molecule has 0 fully saturated rings. The van der Waals surface area contributed by atoms with Crippen LogP contribution in [-0.4, -0.2) is 20.6 Å². The van der Waals surface area contributed by atoms with Gasteiger partial charge in [0.1, 0.15) is 4.60 Å². The molecular formula is C9H8BrN3O. The summed E-state index contributed by atoms with van der Waals surface area (Å²) in [5, 5.41) is 4.08. The van der Waals surface area contributed by atoms with E-state index in [2.05, 4.69) is 21.0 Å². The van der Waals surface area contributed by atoms with Gasteiger partial charge in [-0.25, -0.2) is 0 Å². The Morgan fingerprint density at radius 2 is 2.36 bits per heavy atom. The van der Waals surface area contributed by atoms with E-state index in [1.54, 1.807) is 21.5 Å². The standard InChI is InChI=1S/C9H8BrN3O/c1-12-9(10)8(5-11-12)13-4-2-3-7(13)6-14/h2-6H,1H3. The number of carbonyl (C=O) groups excluding carboxylic acids is 1. The Hall–Kier alpha value is -1.36. The van der Waals surface area contributed by atoms with Crippen molar-refractivity contribution >= 4 is 22.2 Å². The Labute approximate surface area is 89.3 Å². The van der Waals surface area contributed by atoms with Gasteiger partial charge in [-0.1, -0.05) is 0 Å². The van der Waals surface area contributed by atoms with Gasteiger partial charge in [0, 0.05) is 13.2 Å². The monoisotopic (exact) mass is 253 g/mol. The van der Waals surface area contributed by atoms with Crippen LogP contribution in [0.2, 0.25) is 0 Å². The average molecular weight is 254 g/mol. The van der Waals surface area contributed by atoms with Crippen molar-refractivity contribution in [2.24, 2.45) is 7.05 Å². The molecule has 0 saturated heterocycles. The second-order valence-corrected chi connectivity index (χ2v) is 3.62. The first kappa shape index (κ1) is 9.21. The zero-order chi connectivity index (χ0) is 10.1. The normalized spacial score (nSPS) is 10.4. The number of aldehydes is 1. The second kappa shape index (κ2) is 3.42. The van der Waals surface area contributed by atoms with Crippen molar-refractivity contribution in [1.29, 1.82) is 0 Å². The molecule has 0 aliphatic carbocycles. The molecule has 0 aromatic carbocycles. The summed E-state index contributed by atoms with van der Waals surface area (Å²) in [6, 6.07) is 3.58. The Morgan fingerprint density at radius 3 is 2.93 bits per heavy atom. The predicted molar refractivity (Wildman–Crippen MR) is 55.6 cm³/mol. The maximum Gasteiger partial charge on any atom is 0.166 e. The van der Waals surface area contributed by atoms with Crippen LogP contribution in [-0.2, 0) is 7.05 Å². The van der Waals surface area contributed by atoms with E-state index < -0.39 is 0 Å². The van der Waals surface area contributed by atoms with Gasteiger partial charge >= 0.3 is 0 Å². The Morgan fingerprint density at radius 1 is 1.57 bits per heavy atom. The Bertz CT molecular complexity index is 472. The van der Waals surface area contributed by atoms with Crippen molar-refractivity contribution < 1.29 is 4.79 Å². The van der Waals surface area contributed by atoms with Crippen LogP contribution in [0.4, 0.5) is 0 Å². The molecule has 0 aliphatic heterocycles. The van der Waals surface area contributed by atoms with Gasteiger partial charge in [0.2, 0.25) is 0 Å². The first-order chi connectivity index (χ1) is 6.74. The molecule has 2 heterocycles. The molecule has 2 aromatic rings. The number of hydrogen-bond donors (Lipinski definition) is 0. The number of rotatable bonds is 2. The third-order valence-corrected chi connectivity index (χ3v) is 2.93. The molecule has 0 N–H and O–H groups in total. The topological polar surface area (TPSA) is 39.8 Å². The lowest BCUT2D eigenvalue weighted by Crippen LogP contribution is -1.97. The number of hydrogen-bond acceptors (Lipinski definition) is 2. The second-order valence-electron chi connectivity index (χ2n) is 2.87. The summed E-state index contributed by atoms with van der Waals surface area (Å²) in [6.45, 7) is 0. The fourth-order valence-corrected chi connectivity index (χ4v) is 1.67. The molecule has 2 aromatic heterocycles. The van der Waals surface area contributed by atoms with Gasteiger partial charge in [-0.05, 0) is 28.1 Å². The molecule has 0 atom stereocenters. The minimum absolute atomic E-state index is 0.610. The predicted octanol–water partition coefficient (Wildman–Crippen LogP) is 1.79. The molecule has 0 spiro atoms. The van der Waals surface area contributed by atoms with Gasteiger partial charge in [-0.15, -0.1) is 0 Å². The van der Waals surface area contributed by atoms with E-state index >= 15 is 0 Å². The summed E-state index contributed by atoms with van der Waals surface area (Å²) in [4.78, 5) is 10.7. The van der Waals surface area contributed by atoms with Crippen molar-refractivity contribution in [3.05, 3.63) is 34.8 Å². The van der Waals surface area contributed by atoms with E-state index in [-0.39, 0.29) is 0 Å². The Balaban J connectivity index is 2.59. The third kappa shape index (κ3) is 1.29. The summed E-state index contributed by atoms with van der Waals surface area (Å²) in [7, 11) is 1.83. The van der Waals surface area contributed by atoms with Gasteiger partial charge in [0.15, 0.2) is 6.29 Å². The van der Waals surface area contributed by atoms with E-state index in [1.165, 1.54) is 0 Å². The zero-order valence-corrected chi connectivity index (χ0v) is 9.10. The molecule has 72 valence electrons. The van der Waals surface area contributed by atoms with Crippen molar-refractivity contribution in [2.75, 3.05) is 0 Å². The molecule has 0 aliphatic rings. The van der Waals surface area contributed by atoms with Crippen LogP contribution in [0, 0.1) is 0 Å². The maximum absolute atomic E-state index is 10.7. The van der Waals surface area contributed by atoms with Gasteiger partial charge in [-0.2, -0.15) is 5.10 Å². The molecule has 0 amide bonds. The molecule has 0 bridgehead atoms. The fraction of sp³-hybridized carbons (Fsp3) is 0.111. The number of carbonyl (C=O) groups is 1. The molecule has 0 saturated carbocycles. The number of nitrogens with zero attached hydrogens (tertiary/aromatic N) is 3. The van der Waals surface area contributed by atoms with Gasteiger partial charge in [-0.3, -0.25) is 9.48 Å². The number of halogens is 1. The molecule has 2 rings (SSSR count). The SMILES string of the molecule is Cn1ncc(-n2cccc2C=O)c1Br. The smallest absolute Gasteiger partial charge is 0.166 e. The van der Waals surface area contributed by atoms with Crippen molar-refractivity contribution in [3.8, 4) is 5.69 Å². The summed E-state index contributed by atoms with van der Waals surface area (Å²) in [5.41, 5.74) is 1.47. The van der Waals surface area contributed by atoms with Crippen LogP contribution in [0.15, 0.2) is 29.1 Å². The highest BCUT2D eigenvalue weighted by Crippen LogP contribution is 2.21. The van der Waals surface area contributed by atoms with E-state index in [1.807, 2.05) is 19.3 Å². The highest BCUT2D eigenvalue weighted by atomic mass is 79.9. The summed E-state index contributed by atoms with van der Waals surface area (Å²) in [6.07, 6.45) is 4.35. The van der Waals surface area contributed by atoms with Crippen molar-refractivity contribution in [1.82, 2.24) is 14.3 Å². The van der Waals surface area contributed by atoms with Crippen molar-refractivity contribution in [3.63, 3.8) is 0 Å². The van der Waals surface area contributed by atoms with Gasteiger partial charge in [0.05, 0.1) is 17.6 Å². The summed E-state index contributed by atoms with van der Waals surface area (Å²) < 4.78 is 4.32. The quantitative estimate of drug-likeness (QED) is 0.766. The Kier molecular flexibility index (Phi) is 2.25. The first-order valence-corrected chi connectivity index (χ1v) is 4.83. The largest absolute Gasteiger partial charge is 0.310 e. The average Bonchev–Trinajstić information content (AvgIpc) is 2.75. The third-order valence-electron chi connectivity index (χ3n) is 2.01. The van der Waals surface area contributed by atoms with Crippen LogP contribution < -0.4 is 0 Å². The minimum atomic E-state index is 0.610. The molecule has 5 heteroatoms.